The zero-order chi connectivity index (χ0) is 9.84. The molecular formula is C9H14N4. The highest BCUT2D eigenvalue weighted by Crippen LogP contribution is 2.03. The van der Waals surface area contributed by atoms with E-state index in [1.54, 1.807) is 6.20 Å². The van der Waals surface area contributed by atoms with Crippen LogP contribution in [0, 0.1) is 6.92 Å². The lowest BCUT2D eigenvalue weighted by atomic mass is 10.3. The fraction of sp³-hybridized carbons (Fsp3) is 0.444. The van der Waals surface area contributed by atoms with Crippen LogP contribution < -0.4 is 0 Å². The third-order valence-electron chi connectivity index (χ3n) is 1.75. The van der Waals surface area contributed by atoms with Crippen LogP contribution in [0.2, 0.25) is 0 Å². The predicted octanol–water partition coefficient (Wildman–Crippen LogP) is 1.10. The van der Waals surface area contributed by atoms with Crippen LogP contribution in [0.5, 0.6) is 0 Å². The molecule has 0 atom stereocenters. The first kappa shape index (κ1) is 9.64. The van der Waals surface area contributed by atoms with Gasteiger partial charge in [0.25, 0.3) is 0 Å². The Balaban J connectivity index is 2.91. The Kier molecular flexibility index (Phi) is 2.95. The summed E-state index contributed by atoms with van der Waals surface area (Å²) < 4.78 is 0. The van der Waals surface area contributed by atoms with Crippen molar-refractivity contribution in [2.24, 2.45) is 0 Å². The fourth-order valence-corrected chi connectivity index (χ4v) is 0.822. The second kappa shape index (κ2) is 3.98. The van der Waals surface area contributed by atoms with Crippen molar-refractivity contribution in [1.29, 1.82) is 0 Å². The number of hydrogen-bond donors (Lipinski definition) is 0. The van der Waals surface area contributed by atoms with Crippen LogP contribution in [-0.2, 0) is 0 Å². The molecule has 0 saturated heterocycles. The highest BCUT2D eigenvalue weighted by atomic mass is 15.1. The molecule has 0 aliphatic rings. The number of aryl methyl sites for hydroxylation is 1. The van der Waals surface area contributed by atoms with Gasteiger partial charge < -0.3 is 4.90 Å². The first-order chi connectivity index (χ1) is 6.09. The van der Waals surface area contributed by atoms with Crippen molar-refractivity contribution in [3.63, 3.8) is 0 Å². The van der Waals surface area contributed by atoms with Gasteiger partial charge in [-0.05, 0) is 19.9 Å². The van der Waals surface area contributed by atoms with E-state index in [9.17, 15) is 0 Å². The van der Waals surface area contributed by atoms with Crippen LogP contribution in [0.3, 0.4) is 0 Å². The molecule has 0 aromatic carbocycles. The van der Waals surface area contributed by atoms with Crippen molar-refractivity contribution >= 4 is 6.08 Å². The van der Waals surface area contributed by atoms with E-state index in [2.05, 4.69) is 15.2 Å². The largest absolute Gasteiger partial charge is 0.381 e. The summed E-state index contributed by atoms with van der Waals surface area (Å²) in [6.45, 7) is 3.85. The monoisotopic (exact) mass is 178 g/mol. The SMILES string of the molecule is C/C(=C\c1cnnc(C)n1)N(C)C. The third-order valence-corrected chi connectivity index (χ3v) is 1.75. The van der Waals surface area contributed by atoms with Gasteiger partial charge in [-0.1, -0.05) is 0 Å². The molecule has 0 fully saturated rings. The Morgan fingerprint density at radius 2 is 2.15 bits per heavy atom. The van der Waals surface area contributed by atoms with Crippen LogP contribution in [0.1, 0.15) is 18.4 Å². The summed E-state index contributed by atoms with van der Waals surface area (Å²) in [6, 6.07) is 0. The molecule has 0 saturated carbocycles. The summed E-state index contributed by atoms with van der Waals surface area (Å²) in [6.07, 6.45) is 3.63. The first-order valence-electron chi connectivity index (χ1n) is 4.11. The molecule has 1 heterocycles. The van der Waals surface area contributed by atoms with Gasteiger partial charge in [0.15, 0.2) is 0 Å². The Labute approximate surface area is 78.3 Å². The lowest BCUT2D eigenvalue weighted by Gasteiger charge is -2.11. The standard InChI is InChI=1S/C9H14N4/c1-7(13(3)4)5-9-6-10-12-8(2)11-9/h5-6H,1-4H3/b7-5+. The van der Waals surface area contributed by atoms with Crippen molar-refractivity contribution in [2.45, 2.75) is 13.8 Å². The molecule has 70 valence electrons. The van der Waals surface area contributed by atoms with E-state index in [-0.39, 0.29) is 0 Å². The summed E-state index contributed by atoms with van der Waals surface area (Å²) >= 11 is 0. The molecule has 0 aliphatic heterocycles. The van der Waals surface area contributed by atoms with E-state index in [0.717, 1.165) is 11.4 Å². The van der Waals surface area contributed by atoms with Gasteiger partial charge in [0, 0.05) is 19.8 Å². The van der Waals surface area contributed by atoms with Crippen LogP contribution in [0.15, 0.2) is 11.9 Å². The minimum Gasteiger partial charge on any atom is -0.381 e. The Hall–Kier alpha value is -1.45. The Morgan fingerprint density at radius 1 is 1.46 bits per heavy atom. The molecule has 1 rings (SSSR count). The van der Waals surface area contributed by atoms with Crippen LogP contribution >= 0.6 is 0 Å². The summed E-state index contributed by atoms with van der Waals surface area (Å²) in [7, 11) is 3.99. The number of aromatic nitrogens is 3. The van der Waals surface area contributed by atoms with Crippen molar-refractivity contribution in [3.05, 3.63) is 23.4 Å². The highest BCUT2D eigenvalue weighted by Gasteiger charge is 1.95. The number of allylic oxidation sites excluding steroid dienone is 1. The molecular weight excluding hydrogens is 164 g/mol. The van der Waals surface area contributed by atoms with E-state index in [1.165, 1.54) is 0 Å². The van der Waals surface area contributed by atoms with E-state index in [1.807, 2.05) is 38.9 Å². The van der Waals surface area contributed by atoms with Gasteiger partial charge in [-0.3, -0.25) is 0 Å². The lowest BCUT2D eigenvalue weighted by molar-refractivity contribution is 0.518. The van der Waals surface area contributed by atoms with Gasteiger partial charge in [0.05, 0.1) is 11.9 Å². The molecule has 0 aliphatic carbocycles. The average Bonchev–Trinajstić information content (AvgIpc) is 2.04. The van der Waals surface area contributed by atoms with Crippen molar-refractivity contribution < 1.29 is 0 Å². The molecule has 0 bridgehead atoms. The van der Waals surface area contributed by atoms with Crippen LogP contribution in [-0.4, -0.2) is 34.2 Å². The highest BCUT2D eigenvalue weighted by molar-refractivity contribution is 5.46. The zero-order valence-corrected chi connectivity index (χ0v) is 8.44. The molecule has 4 nitrogen and oxygen atoms in total. The summed E-state index contributed by atoms with van der Waals surface area (Å²) in [4.78, 5) is 6.24. The fourth-order valence-electron chi connectivity index (χ4n) is 0.822. The summed E-state index contributed by atoms with van der Waals surface area (Å²) in [5.74, 6) is 0.695. The van der Waals surface area contributed by atoms with Crippen molar-refractivity contribution in [3.8, 4) is 0 Å². The van der Waals surface area contributed by atoms with Crippen molar-refractivity contribution in [2.75, 3.05) is 14.1 Å². The number of rotatable bonds is 2. The van der Waals surface area contributed by atoms with Gasteiger partial charge >= 0.3 is 0 Å². The third kappa shape index (κ3) is 2.82. The smallest absolute Gasteiger partial charge is 0.148 e. The Bertz CT molecular complexity index is 317. The maximum atomic E-state index is 4.22. The second-order valence-corrected chi connectivity index (χ2v) is 3.11. The topological polar surface area (TPSA) is 41.9 Å². The van der Waals surface area contributed by atoms with E-state index in [4.69, 9.17) is 0 Å². The quantitative estimate of drug-likeness (QED) is 0.680. The number of hydrogen-bond acceptors (Lipinski definition) is 4. The molecule has 0 radical (unpaired) electrons. The van der Waals surface area contributed by atoms with Gasteiger partial charge in [-0.15, -0.1) is 5.10 Å². The summed E-state index contributed by atoms with van der Waals surface area (Å²) in [5.41, 5.74) is 1.98. The lowest BCUT2D eigenvalue weighted by Crippen LogP contribution is -2.08. The predicted molar refractivity (Wildman–Crippen MR) is 51.9 cm³/mol. The molecule has 4 heteroatoms. The summed E-state index contributed by atoms with van der Waals surface area (Å²) in [5, 5.41) is 7.61. The first-order valence-corrected chi connectivity index (χ1v) is 4.11. The average molecular weight is 178 g/mol. The Morgan fingerprint density at radius 3 is 2.69 bits per heavy atom. The maximum Gasteiger partial charge on any atom is 0.148 e. The van der Waals surface area contributed by atoms with Gasteiger partial charge in [0.1, 0.15) is 5.82 Å². The molecule has 1 aromatic heterocycles. The molecule has 13 heavy (non-hydrogen) atoms. The normalized spacial score (nSPS) is 11.5. The van der Waals surface area contributed by atoms with E-state index in [0.29, 0.717) is 5.82 Å². The van der Waals surface area contributed by atoms with Gasteiger partial charge in [-0.2, -0.15) is 5.10 Å². The molecule has 0 amide bonds. The minimum atomic E-state index is 0.695. The zero-order valence-electron chi connectivity index (χ0n) is 8.44. The van der Waals surface area contributed by atoms with Crippen LogP contribution in [0.4, 0.5) is 0 Å². The van der Waals surface area contributed by atoms with Gasteiger partial charge in [0.2, 0.25) is 0 Å². The minimum absolute atomic E-state index is 0.695. The molecule has 0 unspecified atom stereocenters. The molecule has 0 N–H and O–H groups in total. The molecule has 0 spiro atoms. The van der Waals surface area contributed by atoms with Crippen LogP contribution in [0.25, 0.3) is 6.08 Å². The second-order valence-electron chi connectivity index (χ2n) is 3.11. The van der Waals surface area contributed by atoms with E-state index >= 15 is 0 Å². The van der Waals surface area contributed by atoms with E-state index < -0.39 is 0 Å². The molecule has 1 aromatic rings. The maximum absolute atomic E-state index is 4.22. The number of nitrogens with zero attached hydrogens (tertiary/aromatic N) is 4. The van der Waals surface area contributed by atoms with Gasteiger partial charge in [-0.25, -0.2) is 4.98 Å². The van der Waals surface area contributed by atoms with Crippen molar-refractivity contribution in [1.82, 2.24) is 20.1 Å².